The monoisotopic (exact) mass is 412 g/mol. The smallest absolute Gasteiger partial charge is 0.266 e. The van der Waals surface area contributed by atoms with E-state index in [0.29, 0.717) is 17.2 Å². The third-order valence-corrected chi connectivity index (χ3v) is 6.31. The van der Waals surface area contributed by atoms with Gasteiger partial charge >= 0.3 is 0 Å². The first-order valence-corrected chi connectivity index (χ1v) is 11.1. The van der Waals surface area contributed by atoms with Crippen molar-refractivity contribution in [3.63, 3.8) is 0 Å². The van der Waals surface area contributed by atoms with Crippen LogP contribution in [-0.4, -0.2) is 28.1 Å². The number of thioether (sulfide) groups is 1. The number of anilines is 1. The second-order valence-corrected chi connectivity index (χ2v) is 8.37. The van der Waals surface area contributed by atoms with Crippen LogP contribution in [0, 0.1) is 0 Å². The molecule has 0 aliphatic carbocycles. The average molecular weight is 413 g/mol. The summed E-state index contributed by atoms with van der Waals surface area (Å²) in [6, 6.07) is 13.7. The maximum Gasteiger partial charge on any atom is 0.266 e. The van der Waals surface area contributed by atoms with Gasteiger partial charge in [-0.1, -0.05) is 36.4 Å². The molecule has 0 saturated carbocycles. The van der Waals surface area contributed by atoms with Gasteiger partial charge in [-0.2, -0.15) is 16.9 Å². The van der Waals surface area contributed by atoms with Crippen molar-refractivity contribution in [1.29, 1.82) is 0 Å². The maximum atomic E-state index is 12.5. The van der Waals surface area contributed by atoms with E-state index in [0.717, 1.165) is 29.2 Å². The van der Waals surface area contributed by atoms with Gasteiger partial charge in [0, 0.05) is 23.6 Å². The largest absolute Gasteiger partial charge is 0.354 e. The second-order valence-electron chi connectivity index (χ2n) is 6.44. The van der Waals surface area contributed by atoms with E-state index in [-0.39, 0.29) is 18.4 Å². The number of carbonyl (C=O) groups excluding carboxylic acids is 2. The number of hydrogen-bond acceptors (Lipinski definition) is 5. The zero-order chi connectivity index (χ0) is 19.3. The molecule has 0 bridgehead atoms. The fourth-order valence-electron chi connectivity index (χ4n) is 3.08. The fourth-order valence-corrected chi connectivity index (χ4v) is 4.73. The van der Waals surface area contributed by atoms with Crippen LogP contribution >= 0.6 is 23.1 Å². The van der Waals surface area contributed by atoms with Crippen LogP contribution in [0.5, 0.6) is 0 Å². The highest BCUT2D eigenvalue weighted by Crippen LogP contribution is 2.35. The normalized spacial score (nSPS) is 12.6. The second kappa shape index (κ2) is 8.62. The van der Waals surface area contributed by atoms with E-state index in [9.17, 15) is 9.59 Å². The van der Waals surface area contributed by atoms with Crippen molar-refractivity contribution >= 4 is 40.7 Å². The van der Waals surface area contributed by atoms with Crippen molar-refractivity contribution in [2.45, 2.75) is 24.5 Å². The van der Waals surface area contributed by atoms with Gasteiger partial charge in [-0.3, -0.25) is 9.59 Å². The highest BCUT2D eigenvalue weighted by Gasteiger charge is 2.25. The Morgan fingerprint density at radius 2 is 1.96 bits per heavy atom. The molecule has 1 aliphatic heterocycles. The predicted molar refractivity (Wildman–Crippen MR) is 113 cm³/mol. The Kier molecular flexibility index (Phi) is 5.78. The molecular weight excluding hydrogens is 392 g/mol. The lowest BCUT2D eigenvalue weighted by Gasteiger charge is -2.11. The minimum Gasteiger partial charge on any atom is -0.354 e. The Morgan fingerprint density at radius 3 is 2.75 bits per heavy atom. The van der Waals surface area contributed by atoms with Crippen LogP contribution in [0.1, 0.15) is 26.5 Å². The van der Waals surface area contributed by atoms with E-state index in [1.807, 2.05) is 41.8 Å². The lowest BCUT2D eigenvalue weighted by atomic mass is 10.1. The number of amides is 2. The summed E-state index contributed by atoms with van der Waals surface area (Å²) in [5.41, 5.74) is 3.15. The van der Waals surface area contributed by atoms with Gasteiger partial charge in [-0.25, -0.2) is 4.68 Å². The molecule has 8 heteroatoms. The molecule has 0 atom stereocenters. The zero-order valence-electron chi connectivity index (χ0n) is 15.2. The standard InChI is InChI=1S/C20H20N4O2S2/c25-18(21-9-8-14-5-2-1-3-6-14)11-24-19(15-12-27-13-16(15)23-24)22-20(26)17-7-4-10-28-17/h1-7,10H,8-9,11-13H2,(H,21,25)(H,22,26). The van der Waals surface area contributed by atoms with Crippen molar-refractivity contribution in [1.82, 2.24) is 15.1 Å². The number of benzene rings is 1. The summed E-state index contributed by atoms with van der Waals surface area (Å²) in [7, 11) is 0. The molecule has 0 fully saturated rings. The minimum absolute atomic E-state index is 0.0898. The summed E-state index contributed by atoms with van der Waals surface area (Å²) in [5.74, 6) is 1.96. The van der Waals surface area contributed by atoms with E-state index >= 15 is 0 Å². The molecule has 2 aromatic heterocycles. The summed E-state index contributed by atoms with van der Waals surface area (Å²) in [5, 5.41) is 12.3. The van der Waals surface area contributed by atoms with Crippen LogP contribution < -0.4 is 10.6 Å². The van der Waals surface area contributed by atoms with Gasteiger partial charge in [0.1, 0.15) is 12.4 Å². The number of nitrogens with one attached hydrogen (secondary N) is 2. The highest BCUT2D eigenvalue weighted by atomic mass is 32.2. The molecule has 28 heavy (non-hydrogen) atoms. The zero-order valence-corrected chi connectivity index (χ0v) is 16.8. The molecular formula is C20H20N4O2S2. The van der Waals surface area contributed by atoms with Crippen molar-refractivity contribution < 1.29 is 9.59 Å². The van der Waals surface area contributed by atoms with Gasteiger partial charge in [0.25, 0.3) is 5.91 Å². The van der Waals surface area contributed by atoms with E-state index in [2.05, 4.69) is 15.7 Å². The lowest BCUT2D eigenvalue weighted by molar-refractivity contribution is -0.121. The third-order valence-electron chi connectivity index (χ3n) is 4.47. The third kappa shape index (κ3) is 4.28. The van der Waals surface area contributed by atoms with Gasteiger partial charge in [0.05, 0.1) is 10.6 Å². The Bertz CT molecular complexity index is 968. The molecule has 2 N–H and O–H groups in total. The SMILES string of the molecule is O=C(Cn1nc2c(c1NC(=O)c1cccs1)CSC2)NCCc1ccccc1. The summed E-state index contributed by atoms with van der Waals surface area (Å²) < 4.78 is 1.62. The lowest BCUT2D eigenvalue weighted by Crippen LogP contribution is -2.30. The summed E-state index contributed by atoms with van der Waals surface area (Å²) in [6.07, 6.45) is 0.779. The van der Waals surface area contributed by atoms with Crippen LogP contribution in [-0.2, 0) is 29.3 Å². The van der Waals surface area contributed by atoms with Crippen molar-refractivity contribution in [2.24, 2.45) is 0 Å². The Balaban J connectivity index is 1.41. The predicted octanol–water partition coefficient (Wildman–Crippen LogP) is 3.30. The Labute approximate surface area is 171 Å². The van der Waals surface area contributed by atoms with Crippen LogP contribution in [0.15, 0.2) is 47.8 Å². The summed E-state index contributed by atoms with van der Waals surface area (Å²) in [6.45, 7) is 0.656. The van der Waals surface area contributed by atoms with Crippen molar-refractivity contribution in [2.75, 3.05) is 11.9 Å². The fraction of sp³-hybridized carbons (Fsp3) is 0.250. The molecule has 6 nitrogen and oxygen atoms in total. The quantitative estimate of drug-likeness (QED) is 0.624. The number of rotatable bonds is 7. The number of aromatic nitrogens is 2. The van der Waals surface area contributed by atoms with Gasteiger partial charge in [-0.15, -0.1) is 11.3 Å². The Hall–Kier alpha value is -2.58. The highest BCUT2D eigenvalue weighted by molar-refractivity contribution is 7.98. The first kappa shape index (κ1) is 18.8. The summed E-state index contributed by atoms with van der Waals surface area (Å²) >= 11 is 3.15. The first-order valence-electron chi connectivity index (χ1n) is 9.02. The van der Waals surface area contributed by atoms with E-state index < -0.39 is 0 Å². The molecule has 1 aromatic carbocycles. The number of hydrogen-bond donors (Lipinski definition) is 2. The molecule has 0 saturated heterocycles. The number of thiophene rings is 1. The topological polar surface area (TPSA) is 76.0 Å². The molecule has 144 valence electrons. The molecule has 3 heterocycles. The maximum absolute atomic E-state index is 12.5. The van der Waals surface area contributed by atoms with Gasteiger partial charge in [0.15, 0.2) is 0 Å². The first-order chi connectivity index (χ1) is 13.7. The minimum atomic E-state index is -0.166. The number of fused-ring (bicyclic) bond motifs is 1. The summed E-state index contributed by atoms with van der Waals surface area (Å²) in [4.78, 5) is 25.5. The molecule has 1 aliphatic rings. The van der Waals surface area contributed by atoms with Crippen molar-refractivity contribution in [3.05, 3.63) is 69.5 Å². The molecule has 0 spiro atoms. The van der Waals surface area contributed by atoms with Gasteiger partial charge in [-0.05, 0) is 23.4 Å². The molecule has 3 aromatic rings. The van der Waals surface area contributed by atoms with Crippen LogP contribution in [0.3, 0.4) is 0 Å². The molecule has 0 radical (unpaired) electrons. The van der Waals surface area contributed by atoms with Gasteiger partial charge in [0.2, 0.25) is 5.91 Å². The van der Waals surface area contributed by atoms with E-state index in [1.54, 1.807) is 22.5 Å². The molecule has 2 amide bonds. The van der Waals surface area contributed by atoms with Gasteiger partial charge < -0.3 is 10.6 Å². The number of nitrogens with zero attached hydrogens (tertiary/aromatic N) is 2. The molecule has 0 unspecified atom stereocenters. The van der Waals surface area contributed by atoms with Crippen LogP contribution in [0.4, 0.5) is 5.82 Å². The Morgan fingerprint density at radius 1 is 1.11 bits per heavy atom. The van der Waals surface area contributed by atoms with Crippen LogP contribution in [0.2, 0.25) is 0 Å². The van der Waals surface area contributed by atoms with E-state index in [1.165, 1.54) is 16.9 Å². The molecule has 4 rings (SSSR count). The van der Waals surface area contributed by atoms with Crippen molar-refractivity contribution in [3.8, 4) is 0 Å². The average Bonchev–Trinajstić information content (AvgIpc) is 3.42. The van der Waals surface area contributed by atoms with Crippen LogP contribution in [0.25, 0.3) is 0 Å². The number of carbonyl (C=O) groups is 2. The van der Waals surface area contributed by atoms with E-state index in [4.69, 9.17) is 0 Å².